The third kappa shape index (κ3) is 6.89. The van der Waals surface area contributed by atoms with Gasteiger partial charge in [0.25, 0.3) is 0 Å². The van der Waals surface area contributed by atoms with E-state index in [9.17, 15) is 8.78 Å². The summed E-state index contributed by atoms with van der Waals surface area (Å²) in [5, 5.41) is 3.03. The minimum atomic E-state index is -0.503. The first kappa shape index (κ1) is 26.4. The number of anilines is 1. The molecule has 0 heterocycles. The highest BCUT2D eigenvalue weighted by Gasteiger charge is 2.14. The molecule has 0 aromatic heterocycles. The van der Waals surface area contributed by atoms with Crippen molar-refractivity contribution in [1.29, 1.82) is 0 Å². The second kappa shape index (κ2) is 11.9. The number of nitrogens with one attached hydrogen (secondary N) is 1. The average molecular weight is 543 g/mol. The Morgan fingerprint density at radius 2 is 1.47 bits per heavy atom. The van der Waals surface area contributed by atoms with Gasteiger partial charge in [0.15, 0.2) is 11.6 Å². The van der Waals surface area contributed by atoms with Crippen LogP contribution in [0, 0.1) is 25.5 Å². The summed E-state index contributed by atoms with van der Waals surface area (Å²) in [5.74, 6) is -0.767. The first-order valence-corrected chi connectivity index (χ1v) is 11.8. The highest BCUT2D eigenvalue weighted by atomic mass is 35.5. The van der Waals surface area contributed by atoms with Crippen molar-refractivity contribution in [2.75, 3.05) is 18.5 Å². The largest absolute Gasteiger partial charge is 0.486 e. The summed E-state index contributed by atoms with van der Waals surface area (Å²) in [6, 6.07) is 13.5. The highest BCUT2D eigenvalue weighted by molar-refractivity contribution is 6.56. The van der Waals surface area contributed by atoms with Gasteiger partial charge in [0.05, 0.1) is 0 Å². The molecule has 0 radical (unpaired) electrons. The molecule has 0 amide bonds. The number of rotatable bonds is 8. The van der Waals surface area contributed by atoms with Gasteiger partial charge in [-0.15, -0.1) is 0 Å². The van der Waals surface area contributed by atoms with Crippen LogP contribution in [-0.4, -0.2) is 13.2 Å². The lowest BCUT2D eigenvalue weighted by Crippen LogP contribution is -2.00. The van der Waals surface area contributed by atoms with Gasteiger partial charge in [0.1, 0.15) is 21.4 Å². The maximum atomic E-state index is 14.9. The van der Waals surface area contributed by atoms with Crippen LogP contribution in [0.25, 0.3) is 22.3 Å². The van der Waals surface area contributed by atoms with Crippen molar-refractivity contribution >= 4 is 52.1 Å². The van der Waals surface area contributed by atoms with Crippen LogP contribution in [0.3, 0.4) is 0 Å². The Kier molecular flexibility index (Phi) is 9.26. The quantitative estimate of drug-likeness (QED) is 0.306. The lowest BCUT2D eigenvalue weighted by molar-refractivity contribution is 0.342. The summed E-state index contributed by atoms with van der Waals surface area (Å²) in [6.07, 6.45) is 3.01. The van der Waals surface area contributed by atoms with Crippen LogP contribution >= 0.6 is 46.4 Å². The molecule has 0 aliphatic heterocycles. The molecule has 0 spiro atoms. The van der Waals surface area contributed by atoms with E-state index in [1.54, 1.807) is 30.3 Å². The number of benzene rings is 3. The summed E-state index contributed by atoms with van der Waals surface area (Å²) < 4.78 is 35.0. The van der Waals surface area contributed by atoms with Gasteiger partial charge in [0.2, 0.25) is 0 Å². The first-order chi connectivity index (χ1) is 16.2. The number of aryl methyl sites for hydroxylation is 2. The molecule has 3 aromatic rings. The lowest BCUT2D eigenvalue weighted by atomic mass is 9.91. The van der Waals surface area contributed by atoms with E-state index in [2.05, 4.69) is 5.32 Å². The zero-order valence-electron chi connectivity index (χ0n) is 18.4. The summed E-state index contributed by atoms with van der Waals surface area (Å²) in [7, 11) is 0. The zero-order chi connectivity index (χ0) is 24.8. The monoisotopic (exact) mass is 541 g/mol. The summed E-state index contributed by atoms with van der Waals surface area (Å²) >= 11 is 22.3. The molecule has 0 aliphatic carbocycles. The number of halogens is 6. The summed E-state index contributed by atoms with van der Waals surface area (Å²) in [4.78, 5) is 0. The van der Waals surface area contributed by atoms with E-state index < -0.39 is 5.82 Å². The van der Waals surface area contributed by atoms with Gasteiger partial charge in [0, 0.05) is 17.8 Å². The second-order valence-electron chi connectivity index (χ2n) is 7.50. The van der Waals surface area contributed by atoms with Crippen LogP contribution in [0.4, 0.5) is 14.5 Å². The first-order valence-electron chi connectivity index (χ1n) is 10.3. The van der Waals surface area contributed by atoms with Gasteiger partial charge in [-0.1, -0.05) is 64.6 Å². The van der Waals surface area contributed by atoms with Crippen LogP contribution in [0.1, 0.15) is 11.1 Å². The molecule has 2 nitrogen and oxygen atoms in total. The SMILES string of the molecule is Cc1cc(-c2ccc(NCC=C(Cl)Cl)cc2F)c(C)cc1-c1ccc(OCC=C(Cl)Cl)c(F)c1. The highest BCUT2D eigenvalue weighted by Crippen LogP contribution is 2.35. The fourth-order valence-corrected chi connectivity index (χ4v) is 3.77. The molecule has 0 bridgehead atoms. The van der Waals surface area contributed by atoms with Gasteiger partial charge in [-0.2, -0.15) is 0 Å². The smallest absolute Gasteiger partial charge is 0.165 e. The van der Waals surface area contributed by atoms with Crippen LogP contribution in [0.2, 0.25) is 0 Å². The van der Waals surface area contributed by atoms with Gasteiger partial charge in [-0.05, 0) is 84.1 Å². The van der Waals surface area contributed by atoms with E-state index in [1.165, 1.54) is 18.2 Å². The second-order valence-corrected chi connectivity index (χ2v) is 9.52. The van der Waals surface area contributed by atoms with E-state index in [0.717, 1.165) is 22.3 Å². The van der Waals surface area contributed by atoms with Crippen molar-refractivity contribution in [2.24, 2.45) is 0 Å². The number of hydrogen-bond acceptors (Lipinski definition) is 2. The topological polar surface area (TPSA) is 21.3 Å². The molecule has 34 heavy (non-hydrogen) atoms. The van der Waals surface area contributed by atoms with E-state index in [1.807, 2.05) is 26.0 Å². The molecular formula is C26H21Cl4F2NO. The van der Waals surface area contributed by atoms with Crippen molar-refractivity contribution in [1.82, 2.24) is 0 Å². The molecule has 0 aliphatic rings. The summed E-state index contributed by atoms with van der Waals surface area (Å²) in [6.45, 7) is 4.24. The summed E-state index contributed by atoms with van der Waals surface area (Å²) in [5.41, 5.74) is 5.13. The Morgan fingerprint density at radius 1 is 0.794 bits per heavy atom. The Hall–Kier alpha value is -2.24. The minimum absolute atomic E-state index is 0.0546. The van der Waals surface area contributed by atoms with Crippen molar-refractivity contribution in [3.05, 3.63) is 92.4 Å². The third-order valence-electron chi connectivity index (χ3n) is 5.11. The normalized spacial score (nSPS) is 10.6. The van der Waals surface area contributed by atoms with Gasteiger partial charge in [-0.25, -0.2) is 8.78 Å². The Morgan fingerprint density at radius 3 is 2.12 bits per heavy atom. The molecule has 8 heteroatoms. The molecular weight excluding hydrogens is 522 g/mol. The number of hydrogen-bond donors (Lipinski definition) is 1. The van der Waals surface area contributed by atoms with Crippen molar-refractivity contribution in [3.8, 4) is 28.0 Å². The lowest BCUT2D eigenvalue weighted by Gasteiger charge is -2.15. The van der Waals surface area contributed by atoms with Gasteiger partial charge in [-0.3, -0.25) is 0 Å². The van der Waals surface area contributed by atoms with Gasteiger partial charge >= 0.3 is 0 Å². The Bertz CT molecular complexity index is 1250. The number of ether oxygens (including phenoxy) is 1. The van der Waals surface area contributed by atoms with Crippen molar-refractivity contribution in [3.63, 3.8) is 0 Å². The molecule has 3 rings (SSSR count). The zero-order valence-corrected chi connectivity index (χ0v) is 21.4. The maximum absolute atomic E-state index is 14.9. The van der Waals surface area contributed by atoms with Gasteiger partial charge < -0.3 is 10.1 Å². The molecule has 178 valence electrons. The Balaban J connectivity index is 1.86. The van der Waals surface area contributed by atoms with Crippen molar-refractivity contribution < 1.29 is 13.5 Å². The molecule has 1 N–H and O–H groups in total. The van der Waals surface area contributed by atoms with Crippen molar-refractivity contribution in [2.45, 2.75) is 13.8 Å². The van der Waals surface area contributed by atoms with Crippen LogP contribution < -0.4 is 10.1 Å². The molecule has 3 aromatic carbocycles. The predicted octanol–water partition coefficient (Wildman–Crippen LogP) is 9.34. The van der Waals surface area contributed by atoms with Crippen LogP contribution in [0.5, 0.6) is 5.75 Å². The predicted molar refractivity (Wildman–Crippen MR) is 140 cm³/mol. The minimum Gasteiger partial charge on any atom is -0.486 e. The van der Waals surface area contributed by atoms with Crippen LogP contribution in [-0.2, 0) is 0 Å². The fourth-order valence-electron chi connectivity index (χ4n) is 3.49. The van der Waals surface area contributed by atoms with E-state index >= 15 is 0 Å². The maximum Gasteiger partial charge on any atom is 0.165 e. The van der Waals surface area contributed by atoms with Crippen LogP contribution in [0.15, 0.2) is 69.7 Å². The molecule has 0 saturated heterocycles. The van der Waals surface area contributed by atoms with E-state index in [0.29, 0.717) is 23.4 Å². The molecule has 0 saturated carbocycles. The average Bonchev–Trinajstić information content (AvgIpc) is 2.76. The van der Waals surface area contributed by atoms with E-state index in [4.69, 9.17) is 51.1 Å². The molecule has 0 fully saturated rings. The van der Waals surface area contributed by atoms with E-state index in [-0.39, 0.29) is 27.2 Å². The third-order valence-corrected chi connectivity index (χ3v) is 5.73. The molecule has 0 unspecified atom stereocenters. The standard InChI is InChI=1S/C26H21Cl4F2NO/c1-15-12-21(19-5-4-18(14-22(19)31)33-9-7-25(27)28)16(2)11-20(15)17-3-6-24(23(32)13-17)34-10-8-26(29)30/h3-8,11-14,33H,9-10H2,1-2H3. The Labute approximate surface area is 217 Å². The molecule has 0 atom stereocenters. The fraction of sp³-hybridized carbons (Fsp3) is 0.154.